The monoisotopic (exact) mass is 436 g/mol. The second kappa shape index (κ2) is 5.84. The molecule has 0 aliphatic heterocycles. The minimum absolute atomic E-state index is 0.00868. The standard InChI is InChI=1S/C14H12BrF3N4O2S/c1-3-25(23,24)13-11(12-19-6-9(15)21(12)2)20-10-5-4-8(7-22(10)13)14(16,17)18/h4-7H,3H2,1-2H3. The molecule has 0 amide bonds. The van der Waals surface area contributed by atoms with E-state index in [-0.39, 0.29) is 27.9 Å². The molecule has 3 aromatic heterocycles. The zero-order valence-electron chi connectivity index (χ0n) is 13.0. The Balaban J connectivity index is 2.42. The van der Waals surface area contributed by atoms with Gasteiger partial charge in [-0.05, 0) is 28.1 Å². The molecule has 6 nitrogen and oxygen atoms in total. The topological polar surface area (TPSA) is 69.3 Å². The van der Waals surface area contributed by atoms with Crippen molar-refractivity contribution >= 4 is 31.4 Å². The van der Waals surface area contributed by atoms with Crippen LogP contribution in [0.15, 0.2) is 34.2 Å². The maximum Gasteiger partial charge on any atom is 0.417 e. The van der Waals surface area contributed by atoms with Gasteiger partial charge in [-0.2, -0.15) is 13.2 Å². The van der Waals surface area contributed by atoms with Crippen molar-refractivity contribution < 1.29 is 21.6 Å². The van der Waals surface area contributed by atoms with E-state index in [2.05, 4.69) is 25.9 Å². The Bertz CT molecular complexity index is 1070. The fourth-order valence-corrected chi connectivity index (χ4v) is 3.80. The van der Waals surface area contributed by atoms with E-state index < -0.39 is 21.6 Å². The van der Waals surface area contributed by atoms with E-state index in [9.17, 15) is 21.6 Å². The molecule has 0 aliphatic rings. The number of pyridine rings is 1. The van der Waals surface area contributed by atoms with Gasteiger partial charge >= 0.3 is 6.18 Å². The summed E-state index contributed by atoms with van der Waals surface area (Å²) < 4.78 is 67.3. The number of imidazole rings is 2. The third-order valence-corrected chi connectivity index (χ3v) is 6.20. The Morgan fingerprint density at radius 2 is 1.96 bits per heavy atom. The largest absolute Gasteiger partial charge is 0.417 e. The van der Waals surface area contributed by atoms with Crippen LogP contribution >= 0.6 is 15.9 Å². The van der Waals surface area contributed by atoms with Gasteiger partial charge in [0.05, 0.1) is 17.5 Å². The number of fused-ring (bicyclic) bond motifs is 1. The van der Waals surface area contributed by atoms with Crippen LogP contribution < -0.4 is 0 Å². The van der Waals surface area contributed by atoms with Gasteiger partial charge in [0, 0.05) is 13.2 Å². The molecule has 0 unspecified atom stereocenters. The third-order valence-electron chi connectivity index (χ3n) is 3.72. The highest BCUT2D eigenvalue weighted by atomic mass is 79.9. The Morgan fingerprint density at radius 1 is 1.28 bits per heavy atom. The van der Waals surface area contributed by atoms with Crippen LogP contribution in [0, 0.1) is 0 Å². The van der Waals surface area contributed by atoms with Gasteiger partial charge in [0.15, 0.2) is 20.7 Å². The van der Waals surface area contributed by atoms with E-state index >= 15 is 0 Å². The molecule has 25 heavy (non-hydrogen) atoms. The van der Waals surface area contributed by atoms with Gasteiger partial charge < -0.3 is 4.57 Å². The summed E-state index contributed by atoms with van der Waals surface area (Å²) >= 11 is 3.25. The van der Waals surface area contributed by atoms with Crippen molar-refractivity contribution in [1.29, 1.82) is 0 Å². The number of sulfone groups is 1. The van der Waals surface area contributed by atoms with Crippen LogP contribution in [0.25, 0.3) is 17.2 Å². The van der Waals surface area contributed by atoms with E-state index in [1.54, 1.807) is 11.6 Å². The number of nitrogens with zero attached hydrogens (tertiary/aromatic N) is 4. The molecule has 3 aromatic rings. The molecular weight excluding hydrogens is 425 g/mol. The van der Waals surface area contributed by atoms with Gasteiger partial charge in [-0.15, -0.1) is 0 Å². The molecule has 0 fully saturated rings. The molecule has 3 rings (SSSR count). The van der Waals surface area contributed by atoms with Gasteiger partial charge in [0.1, 0.15) is 15.9 Å². The molecule has 0 aromatic carbocycles. The van der Waals surface area contributed by atoms with Crippen molar-refractivity contribution in [2.45, 2.75) is 18.1 Å². The second-order valence-electron chi connectivity index (χ2n) is 5.28. The van der Waals surface area contributed by atoms with Crippen LogP contribution in [-0.4, -0.2) is 33.1 Å². The number of hydrogen-bond donors (Lipinski definition) is 0. The SMILES string of the molecule is CCS(=O)(=O)c1c(-c2ncc(Br)n2C)nc2ccc(C(F)(F)F)cn12. The molecule has 134 valence electrons. The summed E-state index contributed by atoms with van der Waals surface area (Å²) in [6, 6.07) is 2.00. The molecule has 0 bridgehead atoms. The average molecular weight is 437 g/mol. The fraction of sp³-hybridized carbons (Fsp3) is 0.286. The third kappa shape index (κ3) is 2.95. The molecule has 0 saturated carbocycles. The van der Waals surface area contributed by atoms with Crippen LogP contribution in [0.3, 0.4) is 0 Å². The summed E-state index contributed by atoms with van der Waals surface area (Å²) in [5.74, 6) is -0.0496. The number of rotatable bonds is 3. The van der Waals surface area contributed by atoms with Gasteiger partial charge in [-0.1, -0.05) is 6.92 Å². The quantitative estimate of drug-likeness (QED) is 0.631. The molecule has 0 aliphatic carbocycles. The lowest BCUT2D eigenvalue weighted by Gasteiger charge is -2.09. The van der Waals surface area contributed by atoms with Crippen LogP contribution in [0.4, 0.5) is 13.2 Å². The Hall–Kier alpha value is -1.88. The zero-order valence-corrected chi connectivity index (χ0v) is 15.4. The number of halogens is 4. The predicted octanol–water partition coefficient (Wildman–Crippen LogP) is 3.31. The summed E-state index contributed by atoms with van der Waals surface area (Å²) in [6.07, 6.45) is -2.40. The van der Waals surface area contributed by atoms with Crippen molar-refractivity contribution in [3.05, 3.63) is 34.7 Å². The highest BCUT2D eigenvalue weighted by Crippen LogP contribution is 2.33. The fourth-order valence-electron chi connectivity index (χ4n) is 2.38. The highest BCUT2D eigenvalue weighted by Gasteiger charge is 2.33. The van der Waals surface area contributed by atoms with Gasteiger partial charge in [-0.3, -0.25) is 4.40 Å². The Morgan fingerprint density at radius 3 is 2.48 bits per heavy atom. The average Bonchev–Trinajstić information content (AvgIpc) is 3.07. The summed E-state index contributed by atoms with van der Waals surface area (Å²) in [6.45, 7) is 1.42. The number of hydrogen-bond acceptors (Lipinski definition) is 4. The van der Waals surface area contributed by atoms with Crippen LogP contribution in [0.1, 0.15) is 12.5 Å². The first-order valence-electron chi connectivity index (χ1n) is 7.06. The van der Waals surface area contributed by atoms with Gasteiger partial charge in [0.25, 0.3) is 0 Å². The molecule has 0 saturated heterocycles. The normalized spacial score (nSPS) is 12.9. The minimum Gasteiger partial charge on any atom is -0.321 e. The van der Waals surface area contributed by atoms with Crippen LogP contribution in [0.5, 0.6) is 0 Å². The van der Waals surface area contributed by atoms with Gasteiger partial charge in [0.2, 0.25) is 0 Å². The molecule has 0 atom stereocenters. The summed E-state index contributed by atoms with van der Waals surface area (Å²) in [5, 5.41) is -0.308. The molecule has 3 heterocycles. The van der Waals surface area contributed by atoms with E-state index in [1.807, 2.05) is 0 Å². The molecular formula is C14H12BrF3N4O2S. The number of alkyl halides is 3. The Labute approximate surface area is 149 Å². The lowest BCUT2D eigenvalue weighted by atomic mass is 10.3. The number of aromatic nitrogens is 4. The van der Waals surface area contributed by atoms with Crippen molar-refractivity contribution in [3.8, 4) is 11.5 Å². The van der Waals surface area contributed by atoms with Crippen molar-refractivity contribution in [2.24, 2.45) is 7.05 Å². The second-order valence-corrected chi connectivity index (χ2v) is 8.28. The smallest absolute Gasteiger partial charge is 0.321 e. The molecule has 0 spiro atoms. The summed E-state index contributed by atoms with van der Waals surface area (Å²) in [4.78, 5) is 8.32. The maximum absolute atomic E-state index is 13.0. The van der Waals surface area contributed by atoms with E-state index in [0.717, 1.165) is 22.7 Å². The van der Waals surface area contributed by atoms with Crippen molar-refractivity contribution in [1.82, 2.24) is 18.9 Å². The first kappa shape index (κ1) is 17.9. The lowest BCUT2D eigenvalue weighted by Crippen LogP contribution is -2.11. The van der Waals surface area contributed by atoms with E-state index in [1.165, 1.54) is 13.1 Å². The van der Waals surface area contributed by atoms with Crippen LogP contribution in [-0.2, 0) is 23.1 Å². The summed E-state index contributed by atoms with van der Waals surface area (Å²) in [5.41, 5.74) is -0.860. The van der Waals surface area contributed by atoms with Crippen molar-refractivity contribution in [2.75, 3.05) is 5.75 Å². The van der Waals surface area contributed by atoms with Gasteiger partial charge in [-0.25, -0.2) is 18.4 Å². The first-order chi connectivity index (χ1) is 11.6. The van der Waals surface area contributed by atoms with Crippen molar-refractivity contribution in [3.63, 3.8) is 0 Å². The predicted molar refractivity (Wildman–Crippen MR) is 87.8 cm³/mol. The summed E-state index contributed by atoms with van der Waals surface area (Å²) in [7, 11) is -2.23. The van der Waals surface area contributed by atoms with E-state index in [4.69, 9.17) is 0 Å². The maximum atomic E-state index is 13.0. The minimum atomic E-state index is -4.60. The highest BCUT2D eigenvalue weighted by molar-refractivity contribution is 9.10. The first-order valence-corrected chi connectivity index (χ1v) is 9.50. The molecule has 0 N–H and O–H groups in total. The van der Waals surface area contributed by atoms with Crippen LogP contribution in [0.2, 0.25) is 0 Å². The molecule has 11 heteroatoms. The lowest BCUT2D eigenvalue weighted by molar-refractivity contribution is -0.137. The Kier molecular flexibility index (Phi) is 4.18. The zero-order chi connectivity index (χ0) is 18.6. The molecule has 0 radical (unpaired) electrons. The van der Waals surface area contributed by atoms with E-state index in [0.29, 0.717) is 4.60 Å².